The van der Waals surface area contributed by atoms with Gasteiger partial charge in [-0.25, -0.2) is 0 Å². The van der Waals surface area contributed by atoms with Crippen LogP contribution in [0, 0.1) is 16.7 Å². The van der Waals surface area contributed by atoms with Gasteiger partial charge in [-0.1, -0.05) is 6.92 Å². The second-order valence-electron chi connectivity index (χ2n) is 3.23. The average Bonchev–Trinajstić information content (AvgIpc) is 2.00. The SMILES string of the molecule is CCC(C)(C#N)CCC(C)=O. The van der Waals surface area contributed by atoms with Gasteiger partial charge in [0.25, 0.3) is 0 Å². The van der Waals surface area contributed by atoms with Crippen molar-refractivity contribution >= 4 is 5.78 Å². The zero-order chi connectivity index (χ0) is 8.91. The third-order valence-electron chi connectivity index (χ3n) is 2.08. The van der Waals surface area contributed by atoms with Crippen molar-refractivity contribution in [1.29, 1.82) is 5.26 Å². The lowest BCUT2D eigenvalue weighted by Crippen LogP contribution is -2.13. The lowest BCUT2D eigenvalue weighted by atomic mass is 9.84. The van der Waals surface area contributed by atoms with Crippen LogP contribution in [0.15, 0.2) is 0 Å². The number of rotatable bonds is 4. The largest absolute Gasteiger partial charge is 0.300 e. The number of ketones is 1. The van der Waals surface area contributed by atoms with Gasteiger partial charge in [0, 0.05) is 6.42 Å². The molecule has 0 bridgehead atoms. The van der Waals surface area contributed by atoms with E-state index in [-0.39, 0.29) is 11.2 Å². The van der Waals surface area contributed by atoms with Crippen molar-refractivity contribution in [3.8, 4) is 6.07 Å². The summed E-state index contributed by atoms with van der Waals surface area (Å²) in [7, 11) is 0. The van der Waals surface area contributed by atoms with Crippen LogP contribution in [0.3, 0.4) is 0 Å². The van der Waals surface area contributed by atoms with E-state index in [0.717, 1.165) is 6.42 Å². The second-order valence-corrected chi connectivity index (χ2v) is 3.23. The smallest absolute Gasteiger partial charge is 0.129 e. The lowest BCUT2D eigenvalue weighted by molar-refractivity contribution is -0.117. The molecule has 0 aliphatic rings. The van der Waals surface area contributed by atoms with Crippen LogP contribution >= 0.6 is 0 Å². The molecule has 1 unspecified atom stereocenters. The van der Waals surface area contributed by atoms with Crippen molar-refractivity contribution < 1.29 is 4.79 Å². The number of hydrogen-bond acceptors (Lipinski definition) is 2. The molecule has 0 radical (unpaired) electrons. The van der Waals surface area contributed by atoms with Gasteiger partial charge in [0.2, 0.25) is 0 Å². The van der Waals surface area contributed by atoms with Gasteiger partial charge >= 0.3 is 0 Å². The zero-order valence-electron chi connectivity index (χ0n) is 7.48. The molecule has 0 saturated carbocycles. The minimum absolute atomic E-state index is 0.167. The fraction of sp³-hybridized carbons (Fsp3) is 0.778. The zero-order valence-corrected chi connectivity index (χ0v) is 7.48. The lowest BCUT2D eigenvalue weighted by Gasteiger charge is -2.17. The topological polar surface area (TPSA) is 40.9 Å². The van der Waals surface area contributed by atoms with Gasteiger partial charge in [0.1, 0.15) is 5.78 Å². The molecular weight excluding hydrogens is 138 g/mol. The van der Waals surface area contributed by atoms with E-state index in [2.05, 4.69) is 6.07 Å². The van der Waals surface area contributed by atoms with Crippen LogP contribution in [-0.2, 0) is 4.79 Å². The van der Waals surface area contributed by atoms with Gasteiger partial charge in [0.15, 0.2) is 0 Å². The van der Waals surface area contributed by atoms with Crippen LogP contribution in [0.1, 0.15) is 40.0 Å². The Morgan fingerprint density at radius 2 is 2.18 bits per heavy atom. The predicted molar refractivity (Wildman–Crippen MR) is 43.9 cm³/mol. The van der Waals surface area contributed by atoms with E-state index < -0.39 is 0 Å². The normalized spacial score (nSPS) is 15.1. The van der Waals surface area contributed by atoms with Gasteiger partial charge in [0.05, 0.1) is 11.5 Å². The highest BCUT2D eigenvalue weighted by molar-refractivity contribution is 5.75. The molecule has 0 aliphatic heterocycles. The Morgan fingerprint density at radius 3 is 2.45 bits per heavy atom. The number of hydrogen-bond donors (Lipinski definition) is 0. The van der Waals surface area contributed by atoms with Crippen molar-refractivity contribution in [3.05, 3.63) is 0 Å². The van der Waals surface area contributed by atoms with Gasteiger partial charge in [-0.2, -0.15) is 5.26 Å². The average molecular weight is 153 g/mol. The van der Waals surface area contributed by atoms with E-state index in [0.29, 0.717) is 12.8 Å². The standard InChI is InChI=1S/C9H15NO/c1-4-9(3,7-10)6-5-8(2)11/h4-6H2,1-3H3. The number of nitrogens with zero attached hydrogens (tertiary/aromatic N) is 1. The second kappa shape index (κ2) is 4.12. The highest BCUT2D eigenvalue weighted by Crippen LogP contribution is 2.25. The minimum Gasteiger partial charge on any atom is -0.300 e. The summed E-state index contributed by atoms with van der Waals surface area (Å²) >= 11 is 0. The molecule has 0 rings (SSSR count). The fourth-order valence-corrected chi connectivity index (χ4v) is 0.764. The summed E-state index contributed by atoms with van der Waals surface area (Å²) in [5, 5.41) is 8.74. The first kappa shape index (κ1) is 10.2. The van der Waals surface area contributed by atoms with Crippen molar-refractivity contribution in [1.82, 2.24) is 0 Å². The Balaban J connectivity index is 3.91. The maximum atomic E-state index is 10.6. The van der Waals surface area contributed by atoms with Gasteiger partial charge in [-0.05, 0) is 26.7 Å². The summed E-state index contributed by atoms with van der Waals surface area (Å²) in [5.41, 5.74) is -0.300. The van der Waals surface area contributed by atoms with E-state index in [1.165, 1.54) is 0 Å². The molecular formula is C9H15NO. The van der Waals surface area contributed by atoms with E-state index in [1.54, 1.807) is 6.92 Å². The van der Waals surface area contributed by atoms with Crippen molar-refractivity contribution in [3.63, 3.8) is 0 Å². The first-order valence-electron chi connectivity index (χ1n) is 3.95. The molecule has 0 saturated heterocycles. The first-order valence-corrected chi connectivity index (χ1v) is 3.95. The summed E-state index contributed by atoms with van der Waals surface area (Å²) in [6.45, 7) is 5.44. The molecule has 2 heteroatoms. The summed E-state index contributed by atoms with van der Waals surface area (Å²) in [6, 6.07) is 2.23. The predicted octanol–water partition coefficient (Wildman–Crippen LogP) is 2.30. The number of carbonyl (C=O) groups excluding carboxylic acids is 1. The summed E-state index contributed by atoms with van der Waals surface area (Å²) in [6.07, 6.45) is 2.03. The van der Waals surface area contributed by atoms with Gasteiger partial charge in [-0.3, -0.25) is 0 Å². The Bertz CT molecular complexity index is 180. The van der Waals surface area contributed by atoms with Crippen LogP contribution in [0.4, 0.5) is 0 Å². The Labute approximate surface area is 68.2 Å². The molecule has 0 aromatic carbocycles. The van der Waals surface area contributed by atoms with Crippen LogP contribution in [0.2, 0.25) is 0 Å². The van der Waals surface area contributed by atoms with Crippen LogP contribution in [-0.4, -0.2) is 5.78 Å². The van der Waals surface area contributed by atoms with E-state index >= 15 is 0 Å². The summed E-state index contributed by atoms with van der Waals surface area (Å²) in [4.78, 5) is 10.6. The summed E-state index contributed by atoms with van der Waals surface area (Å²) in [5.74, 6) is 0.167. The molecule has 0 aliphatic carbocycles. The minimum atomic E-state index is -0.300. The Kier molecular flexibility index (Phi) is 3.81. The molecule has 0 fully saturated rings. The van der Waals surface area contributed by atoms with E-state index in [1.807, 2.05) is 13.8 Å². The highest BCUT2D eigenvalue weighted by atomic mass is 16.1. The highest BCUT2D eigenvalue weighted by Gasteiger charge is 2.21. The fourth-order valence-electron chi connectivity index (χ4n) is 0.764. The molecule has 62 valence electrons. The van der Waals surface area contributed by atoms with Crippen LogP contribution in [0.25, 0.3) is 0 Å². The van der Waals surface area contributed by atoms with E-state index in [9.17, 15) is 4.79 Å². The first-order chi connectivity index (χ1) is 5.04. The molecule has 1 atom stereocenters. The number of nitriles is 1. The molecule has 0 spiro atoms. The third kappa shape index (κ3) is 3.77. The van der Waals surface area contributed by atoms with Crippen LogP contribution < -0.4 is 0 Å². The molecule has 11 heavy (non-hydrogen) atoms. The molecule has 2 nitrogen and oxygen atoms in total. The van der Waals surface area contributed by atoms with Crippen molar-refractivity contribution in [2.75, 3.05) is 0 Å². The number of carbonyl (C=O) groups is 1. The number of Topliss-reactive ketones (excluding diaryl/α,β-unsaturated/α-hetero) is 1. The summed E-state index contributed by atoms with van der Waals surface area (Å²) < 4.78 is 0. The van der Waals surface area contributed by atoms with Crippen LogP contribution in [0.5, 0.6) is 0 Å². The Morgan fingerprint density at radius 1 is 1.64 bits per heavy atom. The Hall–Kier alpha value is -0.840. The molecule has 0 amide bonds. The molecule has 0 aromatic heterocycles. The molecule has 0 N–H and O–H groups in total. The maximum absolute atomic E-state index is 10.6. The monoisotopic (exact) mass is 153 g/mol. The van der Waals surface area contributed by atoms with Crippen molar-refractivity contribution in [2.24, 2.45) is 5.41 Å². The van der Waals surface area contributed by atoms with Crippen molar-refractivity contribution in [2.45, 2.75) is 40.0 Å². The van der Waals surface area contributed by atoms with Gasteiger partial charge in [-0.15, -0.1) is 0 Å². The third-order valence-corrected chi connectivity index (χ3v) is 2.08. The molecule has 0 aromatic rings. The van der Waals surface area contributed by atoms with Gasteiger partial charge < -0.3 is 4.79 Å². The van der Waals surface area contributed by atoms with E-state index in [4.69, 9.17) is 5.26 Å². The maximum Gasteiger partial charge on any atom is 0.129 e. The molecule has 0 heterocycles. The quantitative estimate of drug-likeness (QED) is 0.621.